The van der Waals surface area contributed by atoms with E-state index in [2.05, 4.69) is 6.92 Å². The van der Waals surface area contributed by atoms with Gasteiger partial charge in [0.25, 0.3) is 0 Å². The summed E-state index contributed by atoms with van der Waals surface area (Å²) in [5.74, 6) is -1.08. The Balaban J connectivity index is -0.0000000150. The second-order valence-corrected chi connectivity index (χ2v) is 0.394. The SMILES string of the molecule is [CH2]C(=O)O.[CaH2].[LiH].[Zn]. The molecule has 5 heteroatoms. The Morgan fingerprint density at radius 3 is 1.57 bits per heavy atom. The largest absolute Gasteiger partial charge is 0 e. The minimum atomic E-state index is -1.08. The fourth-order valence-electron chi connectivity index (χ4n) is 0. The number of hydrogen-bond donors (Lipinski definition) is 1. The summed E-state index contributed by atoms with van der Waals surface area (Å²) in [6.45, 7) is 2.56. The van der Waals surface area contributed by atoms with E-state index in [1.54, 1.807) is 0 Å². The van der Waals surface area contributed by atoms with Gasteiger partial charge in [-0.2, -0.15) is 0 Å². The van der Waals surface area contributed by atoms with Gasteiger partial charge in [0.2, 0.25) is 0 Å². The normalized spacial score (nSPS) is 3.57. The zero-order valence-corrected chi connectivity index (χ0v) is 5.74. The Kier molecular flexibility index (Phi) is 51.7. The van der Waals surface area contributed by atoms with Gasteiger partial charge in [0.05, 0.1) is 6.92 Å². The predicted octanol–water partition coefficient (Wildman–Crippen LogP) is -1.66. The molecule has 7 heavy (non-hydrogen) atoms. The molecule has 0 saturated carbocycles. The Labute approximate surface area is 97.4 Å². The molecule has 0 aliphatic heterocycles. The molecule has 1 radical (unpaired) electrons. The van der Waals surface area contributed by atoms with Crippen LogP contribution in [0.1, 0.15) is 0 Å². The summed E-state index contributed by atoms with van der Waals surface area (Å²) in [5, 5.41) is 7.31. The van der Waals surface area contributed by atoms with Crippen LogP contribution in [-0.2, 0) is 24.3 Å². The zero-order chi connectivity index (χ0) is 3.58. The summed E-state index contributed by atoms with van der Waals surface area (Å²) in [4.78, 5) is 8.89. The molecule has 31 valence electrons. The van der Waals surface area contributed by atoms with Gasteiger partial charge < -0.3 is 5.11 Å². The summed E-state index contributed by atoms with van der Waals surface area (Å²) in [6.07, 6.45) is 0. The topological polar surface area (TPSA) is 37.3 Å². The fraction of sp³-hybridized carbons (Fsp3) is 0. The second-order valence-electron chi connectivity index (χ2n) is 0.394. The van der Waals surface area contributed by atoms with Gasteiger partial charge in [-0.1, -0.05) is 0 Å². The monoisotopic (exact) mass is 173 g/mol. The van der Waals surface area contributed by atoms with E-state index in [9.17, 15) is 0 Å². The second kappa shape index (κ2) is 15.7. The van der Waals surface area contributed by atoms with Gasteiger partial charge in [-0.25, -0.2) is 0 Å². The minimum Gasteiger partial charge on any atom is 0 e. The first-order valence-corrected chi connectivity index (χ1v) is 0.781. The Morgan fingerprint density at radius 1 is 1.57 bits per heavy atom. The molecule has 0 aliphatic carbocycles. The molecule has 0 aliphatic rings. The average Bonchev–Trinajstić information content (AvgIpc) is 0.811. The molecule has 0 aromatic heterocycles. The third-order valence-electron chi connectivity index (χ3n) is 0. The molecular formula is C2H6CaLiO2Zn. The van der Waals surface area contributed by atoms with E-state index in [0.717, 1.165) is 0 Å². The van der Waals surface area contributed by atoms with Crippen LogP contribution < -0.4 is 0 Å². The molecule has 0 saturated heterocycles. The van der Waals surface area contributed by atoms with Crippen molar-refractivity contribution in [1.29, 1.82) is 0 Å². The molecule has 1 N–H and O–H groups in total. The van der Waals surface area contributed by atoms with Crippen LogP contribution in [-0.4, -0.2) is 67.7 Å². The van der Waals surface area contributed by atoms with Crippen molar-refractivity contribution in [1.82, 2.24) is 0 Å². The number of aliphatic carboxylic acids is 1. The molecule has 0 fully saturated rings. The third-order valence-corrected chi connectivity index (χ3v) is 0. The molecule has 0 amide bonds. The molecule has 0 aromatic rings. The first-order chi connectivity index (χ1) is 1.73. The maximum Gasteiger partial charge on any atom is 0 e. The van der Waals surface area contributed by atoms with Gasteiger partial charge >= 0.3 is 62.6 Å². The van der Waals surface area contributed by atoms with Gasteiger partial charge in [0.1, 0.15) is 0 Å². The van der Waals surface area contributed by atoms with E-state index < -0.39 is 5.97 Å². The fourth-order valence-corrected chi connectivity index (χ4v) is 0. The van der Waals surface area contributed by atoms with Crippen molar-refractivity contribution in [3.05, 3.63) is 6.92 Å². The van der Waals surface area contributed by atoms with Gasteiger partial charge in [0, 0.05) is 19.5 Å². The summed E-state index contributed by atoms with van der Waals surface area (Å²) >= 11 is 0. The van der Waals surface area contributed by atoms with Gasteiger partial charge in [-0.15, -0.1) is 0 Å². The number of rotatable bonds is 0. The van der Waals surface area contributed by atoms with Crippen molar-refractivity contribution < 1.29 is 29.4 Å². The molecule has 0 atom stereocenters. The first kappa shape index (κ1) is 23.1. The standard InChI is InChI=1S/C2H3O2.Ca.Li.Zn.3H/c1-2(3)4;;;;;;/h1H2,(H,3,4);;;;;;. The molecule has 2 nitrogen and oxygen atoms in total. The predicted molar refractivity (Wildman–Crippen MR) is 28.7 cm³/mol. The summed E-state index contributed by atoms with van der Waals surface area (Å²) in [6, 6.07) is 0. The van der Waals surface area contributed by atoms with Crippen molar-refractivity contribution in [2.75, 3.05) is 0 Å². The Hall–Kier alpha value is 1.95. The Bertz CT molecular complexity index is 38.7. The van der Waals surface area contributed by atoms with E-state index in [4.69, 9.17) is 9.90 Å². The summed E-state index contributed by atoms with van der Waals surface area (Å²) in [5.41, 5.74) is 0. The van der Waals surface area contributed by atoms with Crippen LogP contribution in [0.4, 0.5) is 0 Å². The molecule has 0 heterocycles. The van der Waals surface area contributed by atoms with Crippen molar-refractivity contribution in [3.63, 3.8) is 0 Å². The van der Waals surface area contributed by atoms with Gasteiger partial charge in [-0.05, 0) is 0 Å². The van der Waals surface area contributed by atoms with Crippen LogP contribution in [0.5, 0.6) is 0 Å². The smallest absolute Gasteiger partial charge is 0 e. The van der Waals surface area contributed by atoms with E-state index in [1.165, 1.54) is 0 Å². The third kappa shape index (κ3) is 74.0. The molecule has 0 bridgehead atoms. The molecule has 0 unspecified atom stereocenters. The minimum absolute atomic E-state index is 0. The molecule has 0 spiro atoms. The number of hydrogen-bond acceptors (Lipinski definition) is 1. The van der Waals surface area contributed by atoms with Crippen LogP contribution in [0, 0.1) is 6.92 Å². The van der Waals surface area contributed by atoms with Crippen LogP contribution in [0.3, 0.4) is 0 Å². The van der Waals surface area contributed by atoms with Gasteiger partial charge in [-0.3, -0.25) is 4.79 Å². The zero-order valence-electron chi connectivity index (χ0n) is 2.77. The number of carbonyl (C=O) groups is 1. The first-order valence-electron chi connectivity index (χ1n) is 0.781. The van der Waals surface area contributed by atoms with Crippen LogP contribution >= 0.6 is 0 Å². The maximum absolute atomic E-state index is 8.89. The van der Waals surface area contributed by atoms with E-state index in [-0.39, 0.29) is 76.1 Å². The van der Waals surface area contributed by atoms with E-state index in [0.29, 0.717) is 0 Å². The van der Waals surface area contributed by atoms with Crippen molar-refractivity contribution in [2.24, 2.45) is 0 Å². The van der Waals surface area contributed by atoms with Crippen LogP contribution in [0.15, 0.2) is 0 Å². The van der Waals surface area contributed by atoms with Crippen LogP contribution in [0.2, 0.25) is 0 Å². The maximum atomic E-state index is 8.89. The van der Waals surface area contributed by atoms with Crippen LogP contribution in [0.25, 0.3) is 0 Å². The van der Waals surface area contributed by atoms with Crippen molar-refractivity contribution >= 4 is 62.6 Å². The van der Waals surface area contributed by atoms with Gasteiger partial charge in [0.15, 0.2) is 0 Å². The molecule has 0 rings (SSSR count). The number of carboxylic acids is 1. The van der Waals surface area contributed by atoms with Crippen molar-refractivity contribution in [2.45, 2.75) is 0 Å². The number of carboxylic acid groups (broad SMARTS) is 1. The average molecular weight is 174 g/mol. The van der Waals surface area contributed by atoms with Crippen molar-refractivity contribution in [3.8, 4) is 0 Å². The van der Waals surface area contributed by atoms with E-state index >= 15 is 0 Å². The quantitative estimate of drug-likeness (QED) is 0.446. The summed E-state index contributed by atoms with van der Waals surface area (Å²) in [7, 11) is 0. The Morgan fingerprint density at radius 2 is 1.57 bits per heavy atom. The summed E-state index contributed by atoms with van der Waals surface area (Å²) < 4.78 is 0. The van der Waals surface area contributed by atoms with E-state index in [1.807, 2.05) is 0 Å². The molecule has 0 aromatic carbocycles. The molecular weight excluding hydrogens is 168 g/mol.